The SMILES string of the molecule is CN=C(NCCCN1CCCC1)NCc1cccc(OC)c1OC1CCCC1. The predicted molar refractivity (Wildman–Crippen MR) is 114 cm³/mol. The Hall–Kier alpha value is -1.95. The van der Waals surface area contributed by atoms with E-state index >= 15 is 0 Å². The molecule has 1 heterocycles. The maximum Gasteiger partial charge on any atom is 0.191 e. The molecule has 2 fully saturated rings. The normalized spacial score (nSPS) is 18.4. The van der Waals surface area contributed by atoms with Crippen LogP contribution in [0.2, 0.25) is 0 Å². The molecule has 0 radical (unpaired) electrons. The van der Waals surface area contributed by atoms with Crippen LogP contribution in [-0.2, 0) is 6.54 Å². The van der Waals surface area contributed by atoms with E-state index in [1.165, 1.54) is 45.3 Å². The molecule has 1 aromatic rings. The van der Waals surface area contributed by atoms with E-state index in [-0.39, 0.29) is 0 Å². The lowest BCUT2D eigenvalue weighted by molar-refractivity contribution is 0.198. The summed E-state index contributed by atoms with van der Waals surface area (Å²) in [4.78, 5) is 6.90. The molecule has 1 saturated heterocycles. The highest BCUT2D eigenvalue weighted by Gasteiger charge is 2.20. The fourth-order valence-corrected chi connectivity index (χ4v) is 4.08. The first kappa shape index (κ1) is 20.8. The van der Waals surface area contributed by atoms with Crippen molar-refractivity contribution in [1.82, 2.24) is 15.5 Å². The van der Waals surface area contributed by atoms with Gasteiger partial charge in [0.25, 0.3) is 0 Å². The lowest BCUT2D eigenvalue weighted by Gasteiger charge is -2.20. The summed E-state index contributed by atoms with van der Waals surface area (Å²) in [6.45, 7) is 5.27. The van der Waals surface area contributed by atoms with Crippen LogP contribution in [-0.4, -0.2) is 57.3 Å². The average molecular weight is 389 g/mol. The van der Waals surface area contributed by atoms with E-state index < -0.39 is 0 Å². The zero-order valence-electron chi connectivity index (χ0n) is 17.5. The van der Waals surface area contributed by atoms with E-state index in [1.807, 2.05) is 19.2 Å². The van der Waals surface area contributed by atoms with Crippen molar-refractivity contribution in [3.05, 3.63) is 23.8 Å². The molecular formula is C22H36N4O2. The highest BCUT2D eigenvalue weighted by atomic mass is 16.5. The third-order valence-corrected chi connectivity index (χ3v) is 5.68. The molecule has 156 valence electrons. The second-order valence-electron chi connectivity index (χ2n) is 7.73. The number of nitrogens with one attached hydrogen (secondary N) is 2. The minimum atomic E-state index is 0.304. The molecule has 28 heavy (non-hydrogen) atoms. The summed E-state index contributed by atoms with van der Waals surface area (Å²) >= 11 is 0. The van der Waals surface area contributed by atoms with Gasteiger partial charge in [-0.15, -0.1) is 0 Å². The number of likely N-dealkylation sites (tertiary alicyclic amines) is 1. The van der Waals surface area contributed by atoms with Gasteiger partial charge in [-0.25, -0.2) is 0 Å². The molecule has 0 amide bonds. The summed E-state index contributed by atoms with van der Waals surface area (Å²) in [6.07, 6.45) is 8.90. The summed E-state index contributed by atoms with van der Waals surface area (Å²) < 4.78 is 11.9. The number of guanidine groups is 1. The molecule has 0 atom stereocenters. The van der Waals surface area contributed by atoms with Crippen molar-refractivity contribution in [3.8, 4) is 11.5 Å². The molecule has 1 aromatic carbocycles. The van der Waals surface area contributed by atoms with E-state index in [1.54, 1.807) is 7.11 Å². The molecule has 2 aliphatic rings. The second kappa shape index (κ2) is 11.1. The van der Waals surface area contributed by atoms with Gasteiger partial charge in [-0.1, -0.05) is 12.1 Å². The molecule has 1 aliphatic carbocycles. The quantitative estimate of drug-likeness (QED) is 0.387. The van der Waals surface area contributed by atoms with Crippen LogP contribution in [0.5, 0.6) is 11.5 Å². The standard InChI is InChI=1S/C22H36N4O2/c1-23-22(24-13-8-16-26-14-5-6-15-26)25-17-18-9-7-12-20(27-2)21(18)28-19-10-3-4-11-19/h7,9,12,19H,3-6,8,10-11,13-17H2,1-2H3,(H2,23,24,25). The van der Waals surface area contributed by atoms with E-state index in [2.05, 4.69) is 26.6 Å². The van der Waals surface area contributed by atoms with Crippen molar-refractivity contribution in [2.45, 2.75) is 57.6 Å². The fraction of sp³-hybridized carbons (Fsp3) is 0.682. The Kier molecular flexibility index (Phi) is 8.27. The van der Waals surface area contributed by atoms with Gasteiger partial charge in [-0.2, -0.15) is 0 Å². The molecule has 6 heteroatoms. The fourth-order valence-electron chi connectivity index (χ4n) is 4.08. The Morgan fingerprint density at radius 3 is 2.64 bits per heavy atom. The largest absolute Gasteiger partial charge is 0.493 e. The van der Waals surface area contributed by atoms with Crippen LogP contribution in [0.15, 0.2) is 23.2 Å². The number of para-hydroxylation sites is 1. The molecule has 0 bridgehead atoms. The van der Waals surface area contributed by atoms with Crippen LogP contribution >= 0.6 is 0 Å². The Labute approximate surface area is 169 Å². The summed E-state index contributed by atoms with van der Waals surface area (Å²) in [5, 5.41) is 6.85. The maximum absolute atomic E-state index is 6.32. The third-order valence-electron chi connectivity index (χ3n) is 5.68. The molecule has 2 N–H and O–H groups in total. The summed E-state index contributed by atoms with van der Waals surface area (Å²) in [5.74, 6) is 2.50. The van der Waals surface area contributed by atoms with Gasteiger partial charge in [0.2, 0.25) is 0 Å². The van der Waals surface area contributed by atoms with Crippen molar-refractivity contribution in [2.75, 3.05) is 40.3 Å². The third kappa shape index (κ3) is 6.03. The Morgan fingerprint density at radius 1 is 1.14 bits per heavy atom. The van der Waals surface area contributed by atoms with E-state index in [4.69, 9.17) is 9.47 Å². The van der Waals surface area contributed by atoms with Crippen molar-refractivity contribution in [3.63, 3.8) is 0 Å². The van der Waals surface area contributed by atoms with Gasteiger partial charge in [0, 0.05) is 25.7 Å². The van der Waals surface area contributed by atoms with Gasteiger partial charge in [0.05, 0.1) is 13.2 Å². The molecular weight excluding hydrogens is 352 g/mol. The minimum absolute atomic E-state index is 0.304. The van der Waals surface area contributed by atoms with Crippen molar-refractivity contribution in [2.24, 2.45) is 4.99 Å². The molecule has 1 aliphatic heterocycles. The smallest absolute Gasteiger partial charge is 0.191 e. The summed E-state index contributed by atoms with van der Waals surface area (Å²) in [5.41, 5.74) is 1.10. The zero-order valence-corrected chi connectivity index (χ0v) is 17.5. The van der Waals surface area contributed by atoms with Crippen LogP contribution in [0, 0.1) is 0 Å². The molecule has 0 aromatic heterocycles. The molecule has 3 rings (SSSR count). The lowest BCUT2D eigenvalue weighted by Crippen LogP contribution is -2.38. The lowest BCUT2D eigenvalue weighted by atomic mass is 10.1. The van der Waals surface area contributed by atoms with Gasteiger partial charge in [0.15, 0.2) is 17.5 Å². The predicted octanol–water partition coefficient (Wildman–Crippen LogP) is 3.17. The summed E-state index contributed by atoms with van der Waals surface area (Å²) in [7, 11) is 3.52. The summed E-state index contributed by atoms with van der Waals surface area (Å²) in [6, 6.07) is 6.09. The van der Waals surface area contributed by atoms with E-state index in [0.717, 1.165) is 48.8 Å². The number of nitrogens with zero attached hydrogens (tertiary/aromatic N) is 2. The first-order chi connectivity index (χ1) is 13.8. The Morgan fingerprint density at radius 2 is 1.93 bits per heavy atom. The molecule has 0 spiro atoms. The number of aliphatic imine (C=N–C) groups is 1. The molecule has 1 saturated carbocycles. The van der Waals surface area contributed by atoms with E-state index in [0.29, 0.717) is 12.6 Å². The van der Waals surface area contributed by atoms with Crippen LogP contribution in [0.4, 0.5) is 0 Å². The van der Waals surface area contributed by atoms with Gasteiger partial charge in [-0.3, -0.25) is 4.99 Å². The first-order valence-corrected chi connectivity index (χ1v) is 10.8. The Balaban J connectivity index is 1.50. The zero-order chi connectivity index (χ0) is 19.6. The van der Waals surface area contributed by atoms with Crippen LogP contribution in [0.3, 0.4) is 0 Å². The van der Waals surface area contributed by atoms with Crippen LogP contribution < -0.4 is 20.1 Å². The number of methoxy groups -OCH3 is 1. The minimum Gasteiger partial charge on any atom is -0.493 e. The first-order valence-electron chi connectivity index (χ1n) is 10.8. The van der Waals surface area contributed by atoms with Crippen molar-refractivity contribution >= 4 is 5.96 Å². The average Bonchev–Trinajstić information content (AvgIpc) is 3.42. The van der Waals surface area contributed by atoms with Gasteiger partial charge >= 0.3 is 0 Å². The van der Waals surface area contributed by atoms with E-state index in [9.17, 15) is 0 Å². The van der Waals surface area contributed by atoms with Gasteiger partial charge < -0.3 is 25.0 Å². The molecule has 6 nitrogen and oxygen atoms in total. The number of hydrogen-bond acceptors (Lipinski definition) is 4. The van der Waals surface area contributed by atoms with Gasteiger partial charge in [0.1, 0.15) is 0 Å². The number of hydrogen-bond donors (Lipinski definition) is 2. The topological polar surface area (TPSA) is 58.1 Å². The second-order valence-corrected chi connectivity index (χ2v) is 7.73. The van der Waals surface area contributed by atoms with Crippen LogP contribution in [0.25, 0.3) is 0 Å². The highest BCUT2D eigenvalue weighted by Crippen LogP contribution is 2.34. The monoisotopic (exact) mass is 388 g/mol. The van der Waals surface area contributed by atoms with Crippen molar-refractivity contribution < 1.29 is 9.47 Å². The van der Waals surface area contributed by atoms with Crippen molar-refractivity contribution in [1.29, 1.82) is 0 Å². The number of rotatable bonds is 9. The Bertz CT molecular complexity index is 623. The number of ether oxygens (including phenoxy) is 2. The highest BCUT2D eigenvalue weighted by molar-refractivity contribution is 5.79. The molecule has 0 unspecified atom stereocenters. The van der Waals surface area contributed by atoms with Crippen LogP contribution in [0.1, 0.15) is 50.5 Å². The van der Waals surface area contributed by atoms with Gasteiger partial charge in [-0.05, 0) is 70.6 Å². The maximum atomic E-state index is 6.32. The number of benzene rings is 1.